The number of esters is 1. The minimum atomic E-state index is -0.799. The lowest BCUT2D eigenvalue weighted by Gasteiger charge is -2.34. The highest BCUT2D eigenvalue weighted by Crippen LogP contribution is 2.26. The van der Waals surface area contributed by atoms with Gasteiger partial charge in [0.2, 0.25) is 0 Å². The van der Waals surface area contributed by atoms with Crippen LogP contribution < -0.4 is 0 Å². The van der Waals surface area contributed by atoms with Crippen molar-refractivity contribution in [2.75, 3.05) is 13.2 Å². The summed E-state index contributed by atoms with van der Waals surface area (Å²) in [6.07, 6.45) is 2.05. The molecule has 5 rings (SSSR count). The molecule has 0 radical (unpaired) electrons. The standard InChI is InChI=1S/C26H22N2O6/c29-23-19-9-3-4-10-20(19)24(30)27(23)12-6-14-34-26(32)21-15-17-7-1-2-8-18(17)16-28(21)25(31)22-11-5-13-33-22/h1-5,7-11,13,21H,6,12,14-16H2/t21-/m0/s1. The number of carbonyl (C=O) groups is 4. The van der Waals surface area contributed by atoms with Gasteiger partial charge in [0.25, 0.3) is 17.7 Å². The summed E-state index contributed by atoms with van der Waals surface area (Å²) in [5.41, 5.74) is 2.73. The van der Waals surface area contributed by atoms with Crippen LogP contribution in [0.4, 0.5) is 0 Å². The molecule has 0 fully saturated rings. The van der Waals surface area contributed by atoms with Crippen LogP contribution in [0.5, 0.6) is 0 Å². The third-order valence-electron chi connectivity index (χ3n) is 6.16. The molecule has 1 aromatic heterocycles. The van der Waals surface area contributed by atoms with E-state index in [-0.39, 0.29) is 43.2 Å². The second kappa shape index (κ2) is 8.97. The Hall–Kier alpha value is -4.20. The zero-order valence-electron chi connectivity index (χ0n) is 18.3. The molecule has 3 aromatic rings. The quantitative estimate of drug-likeness (QED) is 0.320. The molecule has 8 nitrogen and oxygen atoms in total. The zero-order chi connectivity index (χ0) is 23.7. The van der Waals surface area contributed by atoms with Gasteiger partial charge in [-0.25, -0.2) is 4.79 Å². The monoisotopic (exact) mass is 458 g/mol. The van der Waals surface area contributed by atoms with Gasteiger partial charge >= 0.3 is 5.97 Å². The highest BCUT2D eigenvalue weighted by atomic mass is 16.5. The van der Waals surface area contributed by atoms with Gasteiger partial charge in [-0.3, -0.25) is 19.3 Å². The minimum absolute atomic E-state index is 0.0210. The SMILES string of the molecule is O=C(OCCCN1C(=O)c2ccccc2C1=O)[C@@H]1Cc2ccccc2CN1C(=O)c1ccco1. The number of hydrogen-bond acceptors (Lipinski definition) is 6. The summed E-state index contributed by atoms with van der Waals surface area (Å²) in [6.45, 7) is 0.430. The molecule has 2 aliphatic rings. The summed E-state index contributed by atoms with van der Waals surface area (Å²) in [7, 11) is 0. The van der Waals surface area contributed by atoms with E-state index in [4.69, 9.17) is 9.15 Å². The molecule has 0 bridgehead atoms. The topological polar surface area (TPSA) is 97.1 Å². The number of ether oxygens (including phenoxy) is 1. The maximum atomic E-state index is 13.0. The lowest BCUT2D eigenvalue weighted by molar-refractivity contribution is -0.149. The van der Waals surface area contributed by atoms with Crippen LogP contribution >= 0.6 is 0 Å². The van der Waals surface area contributed by atoms with Gasteiger partial charge in [-0.1, -0.05) is 36.4 Å². The summed E-state index contributed by atoms with van der Waals surface area (Å²) < 4.78 is 10.7. The molecule has 3 heterocycles. The van der Waals surface area contributed by atoms with E-state index in [1.54, 1.807) is 36.4 Å². The number of carbonyl (C=O) groups excluding carboxylic acids is 4. The summed E-state index contributed by atoms with van der Waals surface area (Å²) in [5, 5.41) is 0. The third-order valence-corrected chi connectivity index (χ3v) is 6.16. The Kier molecular flexibility index (Phi) is 5.71. The summed E-state index contributed by atoms with van der Waals surface area (Å²) in [4.78, 5) is 53.6. The maximum absolute atomic E-state index is 13.0. The predicted molar refractivity (Wildman–Crippen MR) is 120 cm³/mol. The number of amides is 3. The van der Waals surface area contributed by atoms with Crippen LogP contribution in [0.3, 0.4) is 0 Å². The van der Waals surface area contributed by atoms with Gasteiger partial charge in [-0.2, -0.15) is 0 Å². The second-order valence-electron chi connectivity index (χ2n) is 8.23. The molecule has 0 unspecified atom stereocenters. The number of furan rings is 1. The molecule has 0 spiro atoms. The normalized spacial score (nSPS) is 16.9. The highest BCUT2D eigenvalue weighted by molar-refractivity contribution is 6.21. The molecule has 2 aliphatic heterocycles. The number of rotatable bonds is 6. The molecular formula is C26H22N2O6. The summed E-state index contributed by atoms with van der Waals surface area (Å²) in [5.74, 6) is -1.44. The van der Waals surface area contributed by atoms with Crippen molar-refractivity contribution in [3.63, 3.8) is 0 Å². The van der Waals surface area contributed by atoms with Crippen molar-refractivity contribution in [3.8, 4) is 0 Å². The first kappa shape index (κ1) is 21.6. The molecule has 8 heteroatoms. The van der Waals surface area contributed by atoms with E-state index in [2.05, 4.69) is 0 Å². The van der Waals surface area contributed by atoms with Crippen LogP contribution in [-0.4, -0.2) is 52.7 Å². The number of benzene rings is 2. The van der Waals surface area contributed by atoms with Crippen molar-refractivity contribution in [3.05, 3.63) is 94.9 Å². The van der Waals surface area contributed by atoms with Crippen LogP contribution in [0.1, 0.15) is 48.8 Å². The average Bonchev–Trinajstić information content (AvgIpc) is 3.49. The van der Waals surface area contributed by atoms with Gasteiger partial charge in [0.1, 0.15) is 6.04 Å². The fraction of sp³-hybridized carbons (Fsp3) is 0.231. The van der Waals surface area contributed by atoms with Gasteiger partial charge in [0, 0.05) is 19.5 Å². The molecule has 172 valence electrons. The molecule has 3 amide bonds. The lowest BCUT2D eigenvalue weighted by atomic mass is 9.93. The number of fused-ring (bicyclic) bond motifs is 2. The Morgan fingerprint density at radius 3 is 2.26 bits per heavy atom. The molecule has 0 aliphatic carbocycles. The Morgan fingerprint density at radius 1 is 0.912 bits per heavy atom. The Labute approximate surface area is 195 Å². The zero-order valence-corrected chi connectivity index (χ0v) is 18.3. The maximum Gasteiger partial charge on any atom is 0.329 e. The first-order chi connectivity index (χ1) is 16.5. The van der Waals surface area contributed by atoms with Gasteiger partial charge in [-0.15, -0.1) is 0 Å². The highest BCUT2D eigenvalue weighted by Gasteiger charge is 2.37. The van der Waals surface area contributed by atoms with Gasteiger partial charge in [0.15, 0.2) is 5.76 Å². The van der Waals surface area contributed by atoms with Crippen LogP contribution in [0.25, 0.3) is 0 Å². The lowest BCUT2D eigenvalue weighted by Crippen LogP contribution is -2.49. The van der Waals surface area contributed by atoms with Gasteiger partial charge in [0.05, 0.1) is 24.0 Å². The van der Waals surface area contributed by atoms with E-state index in [1.165, 1.54) is 16.1 Å². The van der Waals surface area contributed by atoms with Crippen LogP contribution in [0.2, 0.25) is 0 Å². The fourth-order valence-corrected chi connectivity index (χ4v) is 4.42. The summed E-state index contributed by atoms with van der Waals surface area (Å²) in [6, 6.07) is 16.7. The molecule has 0 N–H and O–H groups in total. The van der Waals surface area contributed by atoms with Crippen LogP contribution in [-0.2, 0) is 22.5 Å². The molecule has 0 saturated carbocycles. The first-order valence-corrected chi connectivity index (χ1v) is 11.1. The second-order valence-corrected chi connectivity index (χ2v) is 8.23. The minimum Gasteiger partial charge on any atom is -0.464 e. The Bertz CT molecular complexity index is 1230. The van der Waals surface area contributed by atoms with Gasteiger partial charge < -0.3 is 14.1 Å². The number of nitrogens with zero attached hydrogens (tertiary/aromatic N) is 2. The average molecular weight is 458 g/mol. The Morgan fingerprint density at radius 2 is 1.59 bits per heavy atom. The Balaban J connectivity index is 1.23. The van der Waals surface area contributed by atoms with Gasteiger partial charge in [-0.05, 0) is 41.8 Å². The first-order valence-electron chi connectivity index (χ1n) is 11.1. The molecule has 2 aromatic carbocycles. The number of hydrogen-bond donors (Lipinski definition) is 0. The molecule has 1 atom stereocenters. The van der Waals surface area contributed by atoms with E-state index in [1.807, 2.05) is 24.3 Å². The van der Waals surface area contributed by atoms with Crippen molar-refractivity contribution >= 4 is 23.7 Å². The molecular weight excluding hydrogens is 436 g/mol. The van der Waals surface area contributed by atoms with Crippen molar-refractivity contribution < 1.29 is 28.3 Å². The number of imide groups is 1. The molecule has 34 heavy (non-hydrogen) atoms. The van der Waals surface area contributed by atoms with Crippen molar-refractivity contribution in [1.82, 2.24) is 9.80 Å². The molecule has 0 saturated heterocycles. The van der Waals surface area contributed by atoms with E-state index in [0.717, 1.165) is 11.1 Å². The van der Waals surface area contributed by atoms with Crippen molar-refractivity contribution in [2.24, 2.45) is 0 Å². The van der Waals surface area contributed by atoms with E-state index in [0.29, 0.717) is 24.0 Å². The predicted octanol–water partition coefficient (Wildman–Crippen LogP) is 3.08. The van der Waals surface area contributed by atoms with E-state index in [9.17, 15) is 19.2 Å². The van der Waals surface area contributed by atoms with Crippen LogP contribution in [0, 0.1) is 0 Å². The summed E-state index contributed by atoms with van der Waals surface area (Å²) >= 11 is 0. The smallest absolute Gasteiger partial charge is 0.329 e. The third kappa shape index (κ3) is 3.87. The fourth-order valence-electron chi connectivity index (χ4n) is 4.42. The largest absolute Gasteiger partial charge is 0.464 e. The van der Waals surface area contributed by atoms with E-state index >= 15 is 0 Å². The van der Waals surface area contributed by atoms with E-state index < -0.39 is 12.0 Å². The van der Waals surface area contributed by atoms with Crippen molar-refractivity contribution in [1.29, 1.82) is 0 Å². The van der Waals surface area contributed by atoms with Crippen molar-refractivity contribution in [2.45, 2.75) is 25.4 Å². The van der Waals surface area contributed by atoms with Crippen LogP contribution in [0.15, 0.2) is 71.3 Å².